The van der Waals surface area contributed by atoms with E-state index in [-0.39, 0.29) is 24.4 Å². The Kier molecular flexibility index (Phi) is 9.77. The minimum atomic E-state index is -0.388. The predicted molar refractivity (Wildman–Crippen MR) is 87.1 cm³/mol. The molecule has 0 spiro atoms. The quantitative estimate of drug-likeness (QED) is 0.750. The third-order valence-electron chi connectivity index (χ3n) is 3.09. The zero-order valence-corrected chi connectivity index (χ0v) is 12.9. The Hall–Kier alpha value is -1.32. The van der Waals surface area contributed by atoms with Crippen molar-refractivity contribution < 1.29 is 4.79 Å². The maximum Gasteiger partial charge on any atom is 0.239 e. The second kappa shape index (κ2) is 10.5. The number of carbonyl (C=O) groups is 1. The summed E-state index contributed by atoms with van der Waals surface area (Å²) in [5.74, 6) is 0.0256. The molecule has 2 N–H and O–H groups in total. The highest BCUT2D eigenvalue weighted by Crippen LogP contribution is 2.05. The van der Waals surface area contributed by atoms with Gasteiger partial charge >= 0.3 is 0 Å². The molecule has 0 aliphatic rings. The normalized spacial score (nSPS) is 11.3. The summed E-state index contributed by atoms with van der Waals surface area (Å²) in [7, 11) is 0. The zero-order chi connectivity index (χ0) is 14.1. The van der Waals surface area contributed by atoms with Gasteiger partial charge in [0.1, 0.15) is 0 Å². The van der Waals surface area contributed by atoms with Crippen LogP contribution in [0.4, 0.5) is 0 Å². The Morgan fingerprint density at radius 2 is 2.05 bits per heavy atom. The average Bonchev–Trinajstić information content (AvgIpc) is 2.44. The van der Waals surface area contributed by atoms with Crippen molar-refractivity contribution in [2.75, 3.05) is 13.1 Å². The summed E-state index contributed by atoms with van der Waals surface area (Å²) in [6.07, 6.45) is 4.26. The summed E-state index contributed by atoms with van der Waals surface area (Å²) in [6.45, 7) is 6.99. The molecule has 0 bridgehead atoms. The predicted octanol–water partition coefficient (Wildman–Crippen LogP) is 2.79. The lowest BCUT2D eigenvalue weighted by Gasteiger charge is -2.24. The molecule has 1 atom stereocenters. The zero-order valence-electron chi connectivity index (χ0n) is 12.1. The van der Waals surface area contributed by atoms with E-state index in [1.807, 2.05) is 25.1 Å². The highest BCUT2D eigenvalue weighted by Gasteiger charge is 2.18. The lowest BCUT2D eigenvalue weighted by atomic mass is 10.1. The molecule has 0 aromatic heterocycles. The highest BCUT2D eigenvalue weighted by molar-refractivity contribution is 5.85. The molecule has 1 aromatic carbocycles. The van der Waals surface area contributed by atoms with E-state index in [9.17, 15) is 4.79 Å². The van der Waals surface area contributed by atoms with Crippen molar-refractivity contribution in [3.05, 3.63) is 48.6 Å². The van der Waals surface area contributed by atoms with Crippen LogP contribution in [0, 0.1) is 0 Å². The number of carbonyl (C=O) groups excluding carboxylic acids is 1. The van der Waals surface area contributed by atoms with Crippen LogP contribution < -0.4 is 5.73 Å². The molecule has 0 radical (unpaired) electrons. The van der Waals surface area contributed by atoms with Gasteiger partial charge in [0.25, 0.3) is 0 Å². The fourth-order valence-electron chi connectivity index (χ4n) is 2.03. The van der Waals surface area contributed by atoms with Crippen LogP contribution in [0.5, 0.6) is 0 Å². The fraction of sp³-hybridized carbons (Fsp3) is 0.438. The maximum absolute atomic E-state index is 12.2. The molecular formula is C16H25ClN2O. The van der Waals surface area contributed by atoms with E-state index in [1.165, 1.54) is 5.56 Å². The molecule has 1 amide bonds. The van der Waals surface area contributed by atoms with E-state index in [1.54, 1.807) is 11.0 Å². The van der Waals surface area contributed by atoms with Crippen molar-refractivity contribution in [1.82, 2.24) is 4.90 Å². The summed E-state index contributed by atoms with van der Waals surface area (Å²) >= 11 is 0. The number of hydrogen-bond acceptors (Lipinski definition) is 2. The molecule has 0 saturated carbocycles. The van der Waals surface area contributed by atoms with Crippen molar-refractivity contribution in [2.45, 2.75) is 32.2 Å². The highest BCUT2D eigenvalue weighted by atomic mass is 35.5. The van der Waals surface area contributed by atoms with Crippen LogP contribution in [0.15, 0.2) is 43.0 Å². The lowest BCUT2D eigenvalue weighted by Crippen LogP contribution is -2.44. The molecule has 0 aliphatic heterocycles. The first-order valence-electron chi connectivity index (χ1n) is 6.88. The molecule has 0 heterocycles. The summed E-state index contributed by atoms with van der Waals surface area (Å²) in [5, 5.41) is 0. The molecule has 1 aromatic rings. The van der Waals surface area contributed by atoms with Gasteiger partial charge in [-0.25, -0.2) is 0 Å². The lowest BCUT2D eigenvalue weighted by molar-refractivity contribution is -0.132. The number of nitrogens with zero attached hydrogens (tertiary/aromatic N) is 1. The number of nitrogens with two attached hydrogens (primary N) is 1. The van der Waals surface area contributed by atoms with Gasteiger partial charge in [0.15, 0.2) is 0 Å². The third-order valence-corrected chi connectivity index (χ3v) is 3.09. The number of amides is 1. The molecule has 1 rings (SSSR count). The molecule has 0 saturated heterocycles. The van der Waals surface area contributed by atoms with E-state index >= 15 is 0 Å². The average molecular weight is 297 g/mol. The third kappa shape index (κ3) is 6.22. The van der Waals surface area contributed by atoms with Gasteiger partial charge in [-0.2, -0.15) is 0 Å². The van der Waals surface area contributed by atoms with Gasteiger partial charge in [-0.15, -0.1) is 19.0 Å². The van der Waals surface area contributed by atoms with Crippen LogP contribution >= 0.6 is 12.4 Å². The van der Waals surface area contributed by atoms with E-state index in [4.69, 9.17) is 5.73 Å². The van der Waals surface area contributed by atoms with E-state index in [0.29, 0.717) is 13.1 Å². The Bertz CT molecular complexity index is 395. The van der Waals surface area contributed by atoms with Gasteiger partial charge in [-0.3, -0.25) is 4.79 Å². The molecule has 1 unspecified atom stereocenters. The van der Waals surface area contributed by atoms with Crippen molar-refractivity contribution in [1.29, 1.82) is 0 Å². The van der Waals surface area contributed by atoms with Crippen LogP contribution in [0.3, 0.4) is 0 Å². The van der Waals surface area contributed by atoms with E-state index in [0.717, 1.165) is 19.3 Å². The maximum atomic E-state index is 12.2. The van der Waals surface area contributed by atoms with Crippen LogP contribution in [-0.2, 0) is 11.2 Å². The van der Waals surface area contributed by atoms with Crippen molar-refractivity contribution >= 4 is 18.3 Å². The van der Waals surface area contributed by atoms with Gasteiger partial charge in [0.2, 0.25) is 5.91 Å². The Morgan fingerprint density at radius 3 is 2.60 bits per heavy atom. The minimum Gasteiger partial charge on any atom is -0.337 e. The number of benzene rings is 1. The summed E-state index contributed by atoms with van der Waals surface area (Å²) < 4.78 is 0. The Labute approximate surface area is 128 Å². The number of halogens is 1. The monoisotopic (exact) mass is 296 g/mol. The van der Waals surface area contributed by atoms with Gasteiger partial charge in [0.05, 0.1) is 6.04 Å². The van der Waals surface area contributed by atoms with Gasteiger partial charge in [-0.05, 0) is 18.4 Å². The second-order valence-electron chi connectivity index (χ2n) is 4.70. The van der Waals surface area contributed by atoms with Gasteiger partial charge in [-0.1, -0.05) is 49.8 Å². The number of hydrogen-bond donors (Lipinski definition) is 1. The molecule has 0 aliphatic carbocycles. The number of rotatable bonds is 8. The first kappa shape index (κ1) is 18.7. The standard InChI is InChI=1S/C16H24N2O.ClH/c1-3-8-15(17)16(19)18(12-4-2)13-11-14-9-6-5-7-10-14;/h4-7,9-10,15H,2-3,8,11-13,17H2,1H3;1H. The second-order valence-corrected chi connectivity index (χ2v) is 4.70. The van der Waals surface area contributed by atoms with Crippen molar-refractivity contribution in [3.63, 3.8) is 0 Å². The van der Waals surface area contributed by atoms with E-state index in [2.05, 4.69) is 18.7 Å². The summed E-state index contributed by atoms with van der Waals surface area (Å²) in [6, 6.07) is 9.77. The van der Waals surface area contributed by atoms with E-state index < -0.39 is 0 Å². The molecule has 0 fully saturated rings. The minimum absolute atomic E-state index is 0. The SMILES string of the molecule is C=CCN(CCc1ccccc1)C(=O)C(N)CCC.Cl. The van der Waals surface area contributed by atoms with Crippen molar-refractivity contribution in [3.8, 4) is 0 Å². The molecule has 112 valence electrons. The summed E-state index contributed by atoms with van der Waals surface area (Å²) in [4.78, 5) is 14.0. The Morgan fingerprint density at radius 1 is 1.40 bits per heavy atom. The largest absolute Gasteiger partial charge is 0.337 e. The molecule has 4 heteroatoms. The fourth-order valence-corrected chi connectivity index (χ4v) is 2.03. The van der Waals surface area contributed by atoms with Crippen molar-refractivity contribution in [2.24, 2.45) is 5.73 Å². The Balaban J connectivity index is 0.00000361. The molecular weight excluding hydrogens is 272 g/mol. The van der Waals surface area contributed by atoms with Crippen LogP contribution in [0.25, 0.3) is 0 Å². The topological polar surface area (TPSA) is 46.3 Å². The van der Waals surface area contributed by atoms with Crippen LogP contribution in [0.2, 0.25) is 0 Å². The summed E-state index contributed by atoms with van der Waals surface area (Å²) in [5.41, 5.74) is 7.13. The van der Waals surface area contributed by atoms with Gasteiger partial charge < -0.3 is 10.6 Å². The smallest absolute Gasteiger partial charge is 0.239 e. The van der Waals surface area contributed by atoms with Crippen LogP contribution in [-0.4, -0.2) is 29.9 Å². The molecule has 20 heavy (non-hydrogen) atoms. The first-order chi connectivity index (χ1) is 9.19. The van der Waals surface area contributed by atoms with Crippen LogP contribution in [0.1, 0.15) is 25.3 Å². The molecule has 3 nitrogen and oxygen atoms in total. The van der Waals surface area contributed by atoms with Gasteiger partial charge in [0, 0.05) is 13.1 Å². The first-order valence-corrected chi connectivity index (χ1v) is 6.88.